The maximum absolute atomic E-state index is 14.1. The first-order chi connectivity index (χ1) is 25.2. The average molecular weight is 746 g/mol. The zero-order valence-electron chi connectivity index (χ0n) is 31.1. The fourth-order valence-corrected chi connectivity index (χ4v) is 6.11. The van der Waals surface area contributed by atoms with Gasteiger partial charge in [-0.1, -0.05) is 100.0 Å². The van der Waals surface area contributed by atoms with E-state index in [2.05, 4.69) is 26.6 Å². The van der Waals surface area contributed by atoms with Gasteiger partial charge in [0.15, 0.2) is 5.78 Å². The van der Waals surface area contributed by atoms with Crippen molar-refractivity contribution in [2.45, 2.75) is 96.5 Å². The number of amides is 5. The zero-order chi connectivity index (χ0) is 38.5. The van der Waals surface area contributed by atoms with Crippen LogP contribution in [0.2, 0.25) is 5.02 Å². The van der Waals surface area contributed by atoms with Crippen LogP contribution in [0.4, 0.5) is 10.5 Å². The van der Waals surface area contributed by atoms with E-state index in [-0.39, 0.29) is 36.9 Å². The summed E-state index contributed by atoms with van der Waals surface area (Å²) in [6.07, 6.45) is 1.57. The van der Waals surface area contributed by atoms with E-state index in [9.17, 15) is 24.0 Å². The molecule has 1 saturated heterocycles. The monoisotopic (exact) mass is 745 g/mol. The smallest absolute Gasteiger partial charge is 0.319 e. The van der Waals surface area contributed by atoms with Crippen LogP contribution in [0, 0.1) is 11.8 Å². The Balaban J connectivity index is 1.53. The van der Waals surface area contributed by atoms with E-state index in [4.69, 9.17) is 16.3 Å². The van der Waals surface area contributed by atoms with Gasteiger partial charge in [-0.05, 0) is 79.8 Å². The van der Waals surface area contributed by atoms with Gasteiger partial charge in [0, 0.05) is 17.1 Å². The van der Waals surface area contributed by atoms with E-state index >= 15 is 0 Å². The van der Waals surface area contributed by atoms with Gasteiger partial charge in [0.1, 0.15) is 23.7 Å². The number of urea groups is 1. The van der Waals surface area contributed by atoms with Crippen molar-refractivity contribution in [1.29, 1.82) is 0 Å². The van der Waals surface area contributed by atoms with E-state index in [0.717, 1.165) is 11.1 Å². The molecule has 0 radical (unpaired) electrons. The van der Waals surface area contributed by atoms with Crippen LogP contribution < -0.4 is 26.6 Å². The van der Waals surface area contributed by atoms with Crippen LogP contribution in [0.15, 0.2) is 84.9 Å². The molecule has 5 amide bonds. The lowest BCUT2D eigenvalue weighted by Crippen LogP contribution is -2.59. The normalized spacial score (nSPS) is 17.2. The molecule has 1 fully saturated rings. The molecule has 4 rings (SSSR count). The van der Waals surface area contributed by atoms with Gasteiger partial charge >= 0.3 is 6.03 Å². The van der Waals surface area contributed by atoms with Gasteiger partial charge < -0.3 is 31.3 Å². The van der Waals surface area contributed by atoms with Gasteiger partial charge in [-0.2, -0.15) is 0 Å². The average Bonchev–Trinajstić information content (AvgIpc) is 3.88. The van der Waals surface area contributed by atoms with Crippen molar-refractivity contribution in [2.24, 2.45) is 11.8 Å². The minimum Gasteiger partial charge on any atom is -0.361 e. The Morgan fingerprint density at radius 1 is 0.660 bits per heavy atom. The molecule has 1 heterocycles. The number of benzene rings is 3. The van der Waals surface area contributed by atoms with Crippen molar-refractivity contribution in [1.82, 2.24) is 21.3 Å². The van der Waals surface area contributed by atoms with E-state index in [1.165, 1.54) is 0 Å². The molecule has 0 spiro atoms. The zero-order valence-corrected chi connectivity index (χ0v) is 31.9. The molecule has 3 unspecified atom stereocenters. The summed E-state index contributed by atoms with van der Waals surface area (Å²) in [4.78, 5) is 68.4. The molecular formula is C41H52ClN5O6. The minimum atomic E-state index is -1.05. The fraction of sp³-hybridized carbons (Fsp3) is 0.439. The third-order valence-corrected chi connectivity index (χ3v) is 9.23. The van der Waals surface area contributed by atoms with Crippen molar-refractivity contribution in [3.8, 4) is 0 Å². The summed E-state index contributed by atoms with van der Waals surface area (Å²) < 4.78 is 5.40. The molecule has 11 nitrogen and oxygen atoms in total. The quantitative estimate of drug-likeness (QED) is 0.100. The van der Waals surface area contributed by atoms with E-state index in [1.54, 1.807) is 31.2 Å². The highest BCUT2D eigenvalue weighted by molar-refractivity contribution is 6.30. The number of anilines is 1. The molecule has 0 bridgehead atoms. The number of carbonyl (C=O) groups is 5. The Morgan fingerprint density at radius 2 is 1.15 bits per heavy atom. The van der Waals surface area contributed by atoms with Crippen LogP contribution in [0.3, 0.4) is 0 Å². The second-order valence-corrected chi connectivity index (χ2v) is 15.1. The molecule has 3 aromatic rings. The summed E-state index contributed by atoms with van der Waals surface area (Å²) in [6.45, 7) is 9.78. The summed E-state index contributed by atoms with van der Waals surface area (Å²) in [6, 6.07) is 20.9. The summed E-state index contributed by atoms with van der Waals surface area (Å²) in [5.74, 6) is -1.72. The molecule has 3 aromatic carbocycles. The maximum atomic E-state index is 14.1. The molecule has 1 aliphatic rings. The van der Waals surface area contributed by atoms with Gasteiger partial charge in [-0.3, -0.25) is 19.2 Å². The summed E-state index contributed by atoms with van der Waals surface area (Å²) in [7, 11) is 0. The van der Waals surface area contributed by atoms with E-state index in [1.807, 2.05) is 88.4 Å². The van der Waals surface area contributed by atoms with Crippen LogP contribution in [0.25, 0.3) is 0 Å². The minimum absolute atomic E-state index is 0.0105. The molecule has 0 aliphatic carbocycles. The number of hydrogen-bond acceptors (Lipinski definition) is 6. The second kappa shape index (κ2) is 19.4. The summed E-state index contributed by atoms with van der Waals surface area (Å²) >= 11 is 5.99. The van der Waals surface area contributed by atoms with Crippen molar-refractivity contribution in [3.05, 3.63) is 101 Å². The Morgan fingerprint density at radius 3 is 1.72 bits per heavy atom. The Bertz CT molecular complexity index is 1680. The topological polar surface area (TPSA) is 158 Å². The molecule has 5 N–H and O–H groups in total. The highest BCUT2D eigenvalue weighted by Gasteiger charge is 2.50. The van der Waals surface area contributed by atoms with Crippen molar-refractivity contribution < 1.29 is 28.7 Å². The van der Waals surface area contributed by atoms with Gasteiger partial charge in [0.25, 0.3) is 0 Å². The SMILES string of the molecule is CC(C)CC(NC(=O)[C@H](CCc1ccccc1)NC(=O)Nc1ccc(Cl)cc1)C(=O)N[C@@H](Cc1ccccc1)C(=O)NC(CC(C)C)C(=O)C1(C)CO1. The van der Waals surface area contributed by atoms with Crippen LogP contribution in [0.1, 0.15) is 65.0 Å². The molecule has 5 atom stereocenters. The van der Waals surface area contributed by atoms with Gasteiger partial charge in [-0.15, -0.1) is 0 Å². The number of carbonyl (C=O) groups excluding carboxylic acids is 5. The van der Waals surface area contributed by atoms with Gasteiger partial charge in [0.2, 0.25) is 17.7 Å². The molecule has 0 aromatic heterocycles. The number of epoxide rings is 1. The van der Waals surface area contributed by atoms with Crippen molar-refractivity contribution in [3.63, 3.8) is 0 Å². The summed E-state index contributed by atoms with van der Waals surface area (Å²) in [5.41, 5.74) is 1.34. The predicted molar refractivity (Wildman–Crippen MR) is 206 cm³/mol. The number of aryl methyl sites for hydroxylation is 1. The standard InChI is InChI=1S/C41H52ClN5O6/c1-26(2)22-33(36(48)41(5)25-53-41)44-39(51)35(24-29-14-10-7-11-15-29)46-38(50)34(23-27(3)4)45-37(49)32(21-16-28-12-8-6-9-13-28)47-40(52)43-31-19-17-30(42)18-20-31/h6-15,17-20,26-27,32-35H,16,21-25H2,1-5H3,(H,44,51)(H,45,49)(H,46,50)(H2,43,47,52)/t32-,33?,34?,35-,41?/m0/s1. The first-order valence-corrected chi connectivity index (χ1v) is 18.6. The van der Waals surface area contributed by atoms with Gasteiger partial charge in [-0.25, -0.2) is 4.79 Å². The highest BCUT2D eigenvalue weighted by atomic mass is 35.5. The number of nitrogens with one attached hydrogen (secondary N) is 5. The van der Waals surface area contributed by atoms with E-state index < -0.39 is 53.5 Å². The lowest BCUT2D eigenvalue weighted by atomic mass is 9.93. The molecule has 1 aliphatic heterocycles. The van der Waals surface area contributed by atoms with Crippen molar-refractivity contribution >= 4 is 46.8 Å². The van der Waals surface area contributed by atoms with Crippen molar-refractivity contribution in [2.75, 3.05) is 11.9 Å². The summed E-state index contributed by atoms with van der Waals surface area (Å²) in [5, 5.41) is 14.7. The fourth-order valence-electron chi connectivity index (χ4n) is 5.98. The first-order valence-electron chi connectivity index (χ1n) is 18.2. The molecule has 53 heavy (non-hydrogen) atoms. The molecular weight excluding hydrogens is 694 g/mol. The number of hydrogen-bond donors (Lipinski definition) is 5. The van der Waals surface area contributed by atoms with Crippen LogP contribution in [0.5, 0.6) is 0 Å². The number of rotatable bonds is 19. The van der Waals surface area contributed by atoms with Gasteiger partial charge in [0.05, 0.1) is 12.6 Å². The highest BCUT2D eigenvalue weighted by Crippen LogP contribution is 2.29. The lowest BCUT2D eigenvalue weighted by Gasteiger charge is -2.28. The van der Waals surface area contributed by atoms with Crippen LogP contribution in [-0.2, 0) is 36.8 Å². The van der Waals surface area contributed by atoms with Crippen LogP contribution >= 0.6 is 11.6 Å². The van der Waals surface area contributed by atoms with E-state index in [0.29, 0.717) is 30.2 Å². The number of halogens is 1. The Labute approximate surface area is 317 Å². The second-order valence-electron chi connectivity index (χ2n) is 14.7. The van der Waals surface area contributed by atoms with Crippen LogP contribution in [-0.4, -0.2) is 65.9 Å². The largest absolute Gasteiger partial charge is 0.361 e. The number of Topliss-reactive ketones (excluding diaryl/α,β-unsaturated/α-hetero) is 1. The molecule has 0 saturated carbocycles. The third-order valence-electron chi connectivity index (χ3n) is 8.98. The first kappa shape index (κ1) is 41.0. The number of ketones is 1. The third kappa shape index (κ3) is 13.3. The molecule has 12 heteroatoms. The number of ether oxygens (including phenoxy) is 1. The maximum Gasteiger partial charge on any atom is 0.319 e. The Hall–Kier alpha value is -4.74. The molecule has 284 valence electrons. The Kier molecular flexibility index (Phi) is 15.0. The predicted octanol–water partition coefficient (Wildman–Crippen LogP) is 5.61. The lowest BCUT2D eigenvalue weighted by molar-refractivity contribution is -0.134.